The van der Waals surface area contributed by atoms with Crippen molar-refractivity contribution in [3.63, 3.8) is 0 Å². The van der Waals surface area contributed by atoms with Crippen molar-refractivity contribution < 1.29 is 14.7 Å². The smallest absolute Gasteiger partial charge is 0.326 e. The minimum Gasteiger partial charge on any atom is -0.480 e. The lowest BCUT2D eigenvalue weighted by molar-refractivity contribution is -0.141. The maximum absolute atomic E-state index is 11.8. The van der Waals surface area contributed by atoms with Crippen molar-refractivity contribution in [3.05, 3.63) is 12.2 Å². The summed E-state index contributed by atoms with van der Waals surface area (Å²) in [5.74, 6) is -0.700. The lowest BCUT2D eigenvalue weighted by atomic mass is 10.1. The Bertz CT molecular complexity index is 399. The number of nitrogens with one attached hydrogen (secondary N) is 1. The molecule has 0 aromatic rings. The quantitative estimate of drug-likeness (QED) is 0.144. The molecule has 158 valence electrons. The van der Waals surface area contributed by atoms with Gasteiger partial charge < -0.3 is 10.4 Å². The molecule has 0 heterocycles. The highest BCUT2D eigenvalue weighted by atomic mass is 32.1. The van der Waals surface area contributed by atoms with Crippen molar-refractivity contribution in [3.8, 4) is 0 Å². The van der Waals surface area contributed by atoms with Gasteiger partial charge in [0.1, 0.15) is 6.04 Å². The number of rotatable bonds is 19. The Labute approximate surface area is 172 Å². The molecule has 0 aromatic heterocycles. The van der Waals surface area contributed by atoms with Crippen molar-refractivity contribution >= 4 is 24.5 Å². The summed E-state index contributed by atoms with van der Waals surface area (Å²) < 4.78 is 0. The molecular weight excluding hydrogens is 358 g/mol. The monoisotopic (exact) mass is 399 g/mol. The summed E-state index contributed by atoms with van der Waals surface area (Å²) in [6.45, 7) is 2.25. The van der Waals surface area contributed by atoms with Gasteiger partial charge in [0.25, 0.3) is 0 Å². The zero-order valence-electron chi connectivity index (χ0n) is 17.3. The molecule has 0 saturated carbocycles. The number of amides is 1. The van der Waals surface area contributed by atoms with Crippen LogP contribution >= 0.6 is 12.6 Å². The van der Waals surface area contributed by atoms with Crippen LogP contribution in [-0.2, 0) is 9.59 Å². The van der Waals surface area contributed by atoms with Gasteiger partial charge >= 0.3 is 5.97 Å². The molecule has 0 unspecified atom stereocenters. The third-order valence-corrected chi connectivity index (χ3v) is 4.97. The Kier molecular flexibility index (Phi) is 19.1. The average molecular weight is 400 g/mol. The minimum absolute atomic E-state index is 0.165. The van der Waals surface area contributed by atoms with Gasteiger partial charge in [0.05, 0.1) is 0 Å². The first kappa shape index (κ1) is 26.0. The van der Waals surface area contributed by atoms with Crippen molar-refractivity contribution in [2.45, 2.75) is 109 Å². The number of aliphatic carboxylic acids is 1. The fourth-order valence-electron chi connectivity index (χ4n) is 3.01. The van der Waals surface area contributed by atoms with E-state index in [4.69, 9.17) is 5.11 Å². The van der Waals surface area contributed by atoms with Gasteiger partial charge in [-0.1, -0.05) is 70.4 Å². The standard InChI is InChI=1S/C22H41NO3S/c1-2-3-4-5-6-7-8-9-10-11-12-13-14-15-16-17-21(24)23-20(18-19-27)22(25)26/h9-10,20,27H,2-8,11-19H2,1H3,(H,23,24)(H,25,26)/b10-9-/t20-/m0/s1. The van der Waals surface area contributed by atoms with Crippen LogP contribution in [0.3, 0.4) is 0 Å². The Morgan fingerprint density at radius 2 is 1.41 bits per heavy atom. The van der Waals surface area contributed by atoms with E-state index in [2.05, 4.69) is 37.0 Å². The van der Waals surface area contributed by atoms with Crippen LogP contribution in [0, 0.1) is 0 Å². The Morgan fingerprint density at radius 3 is 1.93 bits per heavy atom. The number of carboxylic acids is 1. The van der Waals surface area contributed by atoms with Gasteiger partial charge in [-0.25, -0.2) is 4.79 Å². The zero-order chi connectivity index (χ0) is 20.2. The summed E-state index contributed by atoms with van der Waals surface area (Å²) in [7, 11) is 0. The van der Waals surface area contributed by atoms with Crippen LogP contribution in [-0.4, -0.2) is 28.8 Å². The summed E-state index contributed by atoms with van der Waals surface area (Å²) in [6.07, 6.45) is 21.3. The molecule has 0 aliphatic heterocycles. The van der Waals surface area contributed by atoms with Crippen LogP contribution in [0.25, 0.3) is 0 Å². The van der Waals surface area contributed by atoms with Crippen LogP contribution in [0.2, 0.25) is 0 Å². The number of hydrogen-bond acceptors (Lipinski definition) is 3. The first-order valence-corrected chi connectivity index (χ1v) is 11.5. The van der Waals surface area contributed by atoms with Gasteiger partial charge in [-0.3, -0.25) is 4.79 Å². The normalized spacial score (nSPS) is 12.4. The molecule has 0 aliphatic rings. The lowest BCUT2D eigenvalue weighted by Crippen LogP contribution is -2.40. The Balaban J connectivity index is 3.42. The van der Waals surface area contributed by atoms with Crippen molar-refractivity contribution in [2.24, 2.45) is 0 Å². The van der Waals surface area contributed by atoms with Crippen LogP contribution in [0.1, 0.15) is 103 Å². The van der Waals surface area contributed by atoms with Crippen LogP contribution in [0.15, 0.2) is 12.2 Å². The SMILES string of the molecule is CCCCCCCC/C=C\CCCCCCCC(=O)N[C@@H](CCS)C(=O)O. The molecule has 0 fully saturated rings. The Hall–Kier alpha value is -0.970. The third kappa shape index (κ3) is 18.2. The maximum atomic E-state index is 11.8. The maximum Gasteiger partial charge on any atom is 0.326 e. The van der Waals surface area contributed by atoms with E-state index in [0.717, 1.165) is 25.7 Å². The van der Waals surface area contributed by atoms with E-state index in [0.29, 0.717) is 18.6 Å². The predicted octanol–water partition coefficient (Wildman–Crippen LogP) is 5.91. The second kappa shape index (κ2) is 19.8. The molecule has 27 heavy (non-hydrogen) atoms. The number of carbonyl (C=O) groups excluding carboxylic acids is 1. The van der Waals surface area contributed by atoms with Crippen molar-refractivity contribution in [1.29, 1.82) is 0 Å². The average Bonchev–Trinajstić information content (AvgIpc) is 2.64. The molecule has 0 spiro atoms. The molecule has 0 aromatic carbocycles. The minimum atomic E-state index is -0.984. The highest BCUT2D eigenvalue weighted by molar-refractivity contribution is 7.80. The largest absolute Gasteiger partial charge is 0.480 e. The highest BCUT2D eigenvalue weighted by Crippen LogP contribution is 2.10. The number of hydrogen-bond donors (Lipinski definition) is 3. The van der Waals surface area contributed by atoms with E-state index in [9.17, 15) is 9.59 Å². The van der Waals surface area contributed by atoms with Gasteiger partial charge in [-0.05, 0) is 44.3 Å². The summed E-state index contributed by atoms with van der Waals surface area (Å²) >= 11 is 4.02. The fraction of sp³-hybridized carbons (Fsp3) is 0.818. The highest BCUT2D eigenvalue weighted by Gasteiger charge is 2.18. The van der Waals surface area contributed by atoms with E-state index in [1.54, 1.807) is 0 Å². The first-order chi connectivity index (χ1) is 13.1. The van der Waals surface area contributed by atoms with Crippen molar-refractivity contribution in [1.82, 2.24) is 5.32 Å². The van der Waals surface area contributed by atoms with Crippen LogP contribution < -0.4 is 5.32 Å². The van der Waals surface area contributed by atoms with E-state index in [1.165, 1.54) is 57.8 Å². The summed E-state index contributed by atoms with van der Waals surface area (Å²) in [5, 5.41) is 11.6. The van der Waals surface area contributed by atoms with Gasteiger partial charge in [-0.2, -0.15) is 12.6 Å². The molecule has 0 saturated heterocycles. The second-order valence-electron chi connectivity index (χ2n) is 7.30. The molecule has 0 rings (SSSR count). The molecule has 0 bridgehead atoms. The molecule has 1 atom stereocenters. The van der Waals surface area contributed by atoms with E-state index >= 15 is 0 Å². The lowest BCUT2D eigenvalue weighted by Gasteiger charge is -2.13. The molecule has 2 N–H and O–H groups in total. The van der Waals surface area contributed by atoms with Gasteiger partial charge in [0.15, 0.2) is 0 Å². The summed E-state index contributed by atoms with van der Waals surface area (Å²) in [6, 6.07) is -0.807. The molecule has 5 heteroatoms. The predicted molar refractivity (Wildman–Crippen MR) is 117 cm³/mol. The fourth-order valence-corrected chi connectivity index (χ4v) is 3.27. The van der Waals surface area contributed by atoms with E-state index in [-0.39, 0.29) is 5.91 Å². The molecular formula is C22H41NO3S. The number of carbonyl (C=O) groups is 2. The third-order valence-electron chi connectivity index (χ3n) is 4.72. The second-order valence-corrected chi connectivity index (χ2v) is 7.75. The Morgan fingerprint density at radius 1 is 0.889 bits per heavy atom. The number of unbranched alkanes of at least 4 members (excludes halogenated alkanes) is 11. The molecule has 1 amide bonds. The summed E-state index contributed by atoms with van der Waals surface area (Å²) in [4.78, 5) is 22.7. The molecule has 0 radical (unpaired) electrons. The first-order valence-electron chi connectivity index (χ1n) is 10.9. The number of thiol groups is 1. The van der Waals surface area contributed by atoms with Gasteiger partial charge in [0.2, 0.25) is 5.91 Å². The van der Waals surface area contributed by atoms with Crippen LogP contribution in [0.4, 0.5) is 0 Å². The van der Waals surface area contributed by atoms with Gasteiger partial charge in [0, 0.05) is 6.42 Å². The van der Waals surface area contributed by atoms with Crippen molar-refractivity contribution in [2.75, 3.05) is 5.75 Å². The molecule has 4 nitrogen and oxygen atoms in total. The topological polar surface area (TPSA) is 66.4 Å². The summed E-state index contributed by atoms with van der Waals surface area (Å²) in [5.41, 5.74) is 0. The van der Waals surface area contributed by atoms with E-state index < -0.39 is 12.0 Å². The number of carboxylic acid groups (broad SMARTS) is 1. The molecule has 0 aliphatic carbocycles. The van der Waals surface area contributed by atoms with Crippen LogP contribution in [0.5, 0.6) is 0 Å². The van der Waals surface area contributed by atoms with E-state index in [1.807, 2.05) is 0 Å². The zero-order valence-corrected chi connectivity index (χ0v) is 18.2. The van der Waals surface area contributed by atoms with Gasteiger partial charge in [-0.15, -0.1) is 0 Å². The number of allylic oxidation sites excluding steroid dienone is 2.